The molecule has 3 N–H and O–H groups in total. The van der Waals surface area contributed by atoms with Gasteiger partial charge in [-0.2, -0.15) is 18.3 Å². The average molecular weight is 608 g/mol. The van der Waals surface area contributed by atoms with E-state index >= 15 is 0 Å². The van der Waals surface area contributed by atoms with Crippen LogP contribution in [-0.2, 0) is 19.8 Å². The maximum atomic E-state index is 13.7. The molecule has 5 rings (SSSR count). The van der Waals surface area contributed by atoms with Gasteiger partial charge in [-0.1, -0.05) is 11.6 Å². The van der Waals surface area contributed by atoms with Gasteiger partial charge in [-0.15, -0.1) is 11.3 Å². The van der Waals surface area contributed by atoms with Gasteiger partial charge in [0.05, 0.1) is 16.9 Å². The van der Waals surface area contributed by atoms with Gasteiger partial charge < -0.3 is 20.2 Å². The van der Waals surface area contributed by atoms with E-state index in [-0.39, 0.29) is 55.2 Å². The van der Waals surface area contributed by atoms with Crippen molar-refractivity contribution in [3.8, 4) is 16.9 Å². The smallest absolute Gasteiger partial charge is 0.433 e. The van der Waals surface area contributed by atoms with Crippen LogP contribution >= 0.6 is 22.9 Å². The number of benzene rings is 1. The van der Waals surface area contributed by atoms with Crippen molar-refractivity contribution in [3.05, 3.63) is 81.2 Å². The summed E-state index contributed by atoms with van der Waals surface area (Å²) in [5, 5.41) is 6.79. The van der Waals surface area contributed by atoms with Gasteiger partial charge in [-0.25, -0.2) is 9.37 Å². The number of rotatable bonds is 7. The molecule has 4 aromatic heterocycles. The summed E-state index contributed by atoms with van der Waals surface area (Å²) < 4.78 is 67.0. The third kappa shape index (κ3) is 5.47. The third-order valence-corrected chi connectivity index (χ3v) is 7.48. The van der Waals surface area contributed by atoms with Gasteiger partial charge in [-0.05, 0) is 48.9 Å². The molecule has 212 valence electrons. The number of carbonyl (C=O) groups excluding carboxylic acids is 2. The van der Waals surface area contributed by atoms with E-state index in [0.29, 0.717) is 22.6 Å². The number of furan rings is 1. The first-order chi connectivity index (χ1) is 19.3. The van der Waals surface area contributed by atoms with E-state index in [1.165, 1.54) is 29.1 Å². The molecule has 1 aromatic carbocycles. The Morgan fingerprint density at radius 2 is 1.95 bits per heavy atom. The zero-order valence-electron chi connectivity index (χ0n) is 21.1. The van der Waals surface area contributed by atoms with E-state index in [9.17, 15) is 27.2 Å². The van der Waals surface area contributed by atoms with Crippen molar-refractivity contribution in [2.45, 2.75) is 19.7 Å². The van der Waals surface area contributed by atoms with Gasteiger partial charge in [-0.3, -0.25) is 14.3 Å². The summed E-state index contributed by atoms with van der Waals surface area (Å²) in [7, 11) is 1.62. The lowest BCUT2D eigenvalue weighted by Gasteiger charge is -2.12. The van der Waals surface area contributed by atoms with Crippen LogP contribution in [0.2, 0.25) is 5.02 Å². The number of alkyl halides is 3. The van der Waals surface area contributed by atoms with Crippen molar-refractivity contribution in [2.24, 2.45) is 12.8 Å². The van der Waals surface area contributed by atoms with E-state index in [0.717, 1.165) is 18.2 Å². The first-order valence-corrected chi connectivity index (χ1v) is 12.8. The van der Waals surface area contributed by atoms with Crippen LogP contribution in [0.3, 0.4) is 0 Å². The number of nitrogens with two attached hydrogens (primary N) is 1. The number of hydrogen-bond donors (Lipinski definition) is 2. The fourth-order valence-electron chi connectivity index (χ4n) is 4.01. The van der Waals surface area contributed by atoms with Crippen LogP contribution in [0.15, 0.2) is 47.0 Å². The molecule has 0 radical (unpaired) electrons. The number of carbonyl (C=O) groups is 2. The number of ether oxygens (including phenoxy) is 1. The fourth-order valence-corrected chi connectivity index (χ4v) is 5.23. The van der Waals surface area contributed by atoms with Crippen molar-refractivity contribution < 1.29 is 36.3 Å². The summed E-state index contributed by atoms with van der Waals surface area (Å²) in [6.07, 6.45) is -3.41. The molecule has 2 amide bonds. The topological polar surface area (TPSA) is 125 Å². The van der Waals surface area contributed by atoms with Gasteiger partial charge in [0.25, 0.3) is 11.8 Å². The summed E-state index contributed by atoms with van der Waals surface area (Å²) in [5.41, 5.74) is 5.16. The molecule has 0 saturated carbocycles. The summed E-state index contributed by atoms with van der Waals surface area (Å²) in [5.74, 6) is -2.12. The highest BCUT2D eigenvalue weighted by Crippen LogP contribution is 2.44. The number of amides is 2. The second kappa shape index (κ2) is 10.5. The zero-order chi connectivity index (χ0) is 29.6. The molecule has 0 unspecified atom stereocenters. The van der Waals surface area contributed by atoms with Crippen LogP contribution in [0.25, 0.3) is 21.3 Å². The lowest BCUT2D eigenvalue weighted by molar-refractivity contribution is -0.140. The molecule has 15 heteroatoms. The van der Waals surface area contributed by atoms with Gasteiger partial charge >= 0.3 is 6.18 Å². The summed E-state index contributed by atoms with van der Waals surface area (Å²) in [4.78, 5) is 28.9. The largest absolute Gasteiger partial charge is 0.484 e. The van der Waals surface area contributed by atoms with E-state index in [4.69, 9.17) is 26.5 Å². The Hall–Kier alpha value is -4.43. The molecule has 0 aliphatic heterocycles. The number of anilines is 1. The number of pyridine rings is 1. The van der Waals surface area contributed by atoms with Crippen molar-refractivity contribution >= 4 is 50.7 Å². The molecule has 0 spiro atoms. The van der Waals surface area contributed by atoms with Gasteiger partial charge in [0.2, 0.25) is 0 Å². The lowest BCUT2D eigenvalue weighted by atomic mass is 10.0. The molecule has 0 fully saturated rings. The molecular weight excluding hydrogens is 590 g/mol. The normalized spacial score (nSPS) is 11.7. The molecule has 4 heterocycles. The zero-order valence-corrected chi connectivity index (χ0v) is 22.7. The highest BCUT2D eigenvalue weighted by molar-refractivity contribution is 7.21. The first-order valence-electron chi connectivity index (χ1n) is 11.6. The molecule has 5 aromatic rings. The van der Waals surface area contributed by atoms with Crippen LogP contribution in [0, 0.1) is 12.7 Å². The number of primary amides is 1. The standard InChI is InChI=1S/C26H18ClF4N5O4S/c1-11-15(9-33-36(11)2)14-8-19(26(29,30)31)34-25-20(14)21(22(41-25)23(32)37)35-24(38)18-6-4-13(40-18)10-39-17-5-3-12(28)7-16(17)27/h3-9H,10H2,1-2H3,(H2,32,37)(H,35,38). The second-order valence-electron chi connectivity index (χ2n) is 8.75. The first kappa shape index (κ1) is 28.1. The number of aryl methyl sites for hydroxylation is 1. The van der Waals surface area contributed by atoms with E-state index in [1.807, 2.05) is 0 Å². The Morgan fingerprint density at radius 1 is 1.20 bits per heavy atom. The Balaban J connectivity index is 1.52. The van der Waals surface area contributed by atoms with Crippen LogP contribution in [0.5, 0.6) is 5.75 Å². The van der Waals surface area contributed by atoms with Crippen LogP contribution in [-0.4, -0.2) is 26.6 Å². The van der Waals surface area contributed by atoms with Crippen LogP contribution in [0.4, 0.5) is 23.2 Å². The SMILES string of the molecule is Cc1c(-c2cc(C(F)(F)F)nc3sc(C(N)=O)c(NC(=O)c4ccc(COc5ccc(F)cc5Cl)o4)c23)cnn1C. The Morgan fingerprint density at radius 3 is 2.59 bits per heavy atom. The summed E-state index contributed by atoms with van der Waals surface area (Å²) in [6, 6.07) is 7.20. The number of nitrogens with zero attached hydrogens (tertiary/aromatic N) is 3. The van der Waals surface area contributed by atoms with Crippen molar-refractivity contribution in [3.63, 3.8) is 0 Å². The Kier molecular flexibility index (Phi) is 7.21. The number of hydrogen-bond acceptors (Lipinski definition) is 7. The van der Waals surface area contributed by atoms with Gasteiger partial charge in [0.15, 0.2) is 5.76 Å². The fraction of sp³-hybridized carbons (Fsp3) is 0.154. The quantitative estimate of drug-likeness (QED) is 0.208. The molecule has 0 bridgehead atoms. The van der Waals surface area contributed by atoms with Crippen molar-refractivity contribution in [1.29, 1.82) is 0 Å². The third-order valence-electron chi connectivity index (χ3n) is 6.09. The number of thiophene rings is 1. The molecule has 0 saturated heterocycles. The average Bonchev–Trinajstić information content (AvgIpc) is 3.61. The highest BCUT2D eigenvalue weighted by atomic mass is 35.5. The number of aromatic nitrogens is 3. The summed E-state index contributed by atoms with van der Waals surface area (Å²) in [6.45, 7) is 1.51. The maximum Gasteiger partial charge on any atom is 0.433 e. The van der Waals surface area contributed by atoms with Crippen molar-refractivity contribution in [2.75, 3.05) is 5.32 Å². The lowest BCUT2D eigenvalue weighted by Crippen LogP contribution is -2.16. The molecule has 9 nitrogen and oxygen atoms in total. The molecule has 0 aliphatic rings. The van der Waals surface area contributed by atoms with Crippen LogP contribution < -0.4 is 15.8 Å². The van der Waals surface area contributed by atoms with E-state index in [1.54, 1.807) is 14.0 Å². The van der Waals surface area contributed by atoms with Crippen molar-refractivity contribution in [1.82, 2.24) is 14.8 Å². The summed E-state index contributed by atoms with van der Waals surface area (Å²) >= 11 is 6.57. The van der Waals surface area contributed by atoms with Gasteiger partial charge in [0, 0.05) is 23.7 Å². The molecule has 41 heavy (non-hydrogen) atoms. The van der Waals surface area contributed by atoms with E-state index in [2.05, 4.69) is 15.4 Å². The highest BCUT2D eigenvalue weighted by Gasteiger charge is 2.35. The second-order valence-corrected chi connectivity index (χ2v) is 10.2. The van der Waals surface area contributed by atoms with Gasteiger partial charge in [0.1, 0.15) is 39.3 Å². The molecular formula is C26H18ClF4N5O4S. The minimum absolute atomic E-state index is 0.0415. The molecule has 0 aliphatic carbocycles. The minimum atomic E-state index is -4.79. The number of fused-ring (bicyclic) bond motifs is 1. The monoisotopic (exact) mass is 607 g/mol. The Labute approximate surface area is 237 Å². The van der Waals surface area contributed by atoms with Crippen LogP contribution in [0.1, 0.15) is 37.4 Å². The predicted molar refractivity (Wildman–Crippen MR) is 142 cm³/mol. The number of nitrogens with one attached hydrogen (secondary N) is 1. The number of halogens is 5. The molecule has 0 atom stereocenters. The minimum Gasteiger partial charge on any atom is -0.484 e. The maximum absolute atomic E-state index is 13.7. The Bertz CT molecular complexity index is 1830. The van der Waals surface area contributed by atoms with E-state index < -0.39 is 29.5 Å². The predicted octanol–water partition coefficient (Wildman–Crippen LogP) is 6.34.